The number of hydrogen-bond donors (Lipinski definition) is 1. The molecule has 112 valence electrons. The van der Waals surface area contributed by atoms with Crippen LogP contribution in [0.15, 0.2) is 0 Å². The van der Waals surface area contributed by atoms with E-state index in [4.69, 9.17) is 5.73 Å². The third-order valence-corrected chi connectivity index (χ3v) is 7.06. The van der Waals surface area contributed by atoms with Gasteiger partial charge in [-0.15, -0.1) is 0 Å². The largest absolute Gasteiger partial charge is 0.321 e. The van der Waals surface area contributed by atoms with Gasteiger partial charge in [0.1, 0.15) is 5.78 Å². The van der Waals surface area contributed by atoms with Gasteiger partial charge in [0.25, 0.3) is 0 Å². The van der Waals surface area contributed by atoms with E-state index in [1.807, 2.05) is 0 Å². The molecule has 0 radical (unpaired) electrons. The van der Waals surface area contributed by atoms with Crippen molar-refractivity contribution in [3.05, 3.63) is 0 Å². The molecule has 3 nitrogen and oxygen atoms in total. The van der Waals surface area contributed by atoms with Crippen LogP contribution in [0.4, 0.5) is 0 Å². The van der Waals surface area contributed by atoms with Gasteiger partial charge in [0, 0.05) is 0 Å². The predicted molar refractivity (Wildman–Crippen MR) is 84.2 cm³/mol. The van der Waals surface area contributed by atoms with Crippen molar-refractivity contribution in [3.63, 3.8) is 0 Å². The van der Waals surface area contributed by atoms with E-state index in [1.165, 1.54) is 6.92 Å². The Balaban J connectivity index is 4.58. The topological polar surface area (TPSA) is 60.2 Å². The number of ketones is 2. The van der Waals surface area contributed by atoms with E-state index < -0.39 is 6.04 Å². The highest BCUT2D eigenvalue weighted by Crippen LogP contribution is 2.59. The summed E-state index contributed by atoms with van der Waals surface area (Å²) in [6, 6.07) is -0.487. The first-order chi connectivity index (χ1) is 8.35. The zero-order chi connectivity index (χ0) is 15.4. The lowest BCUT2D eigenvalue weighted by molar-refractivity contribution is -0.126. The van der Waals surface area contributed by atoms with Crippen LogP contribution in [0.25, 0.3) is 0 Å². The molecule has 2 N–H and O–H groups in total. The second-order valence-electron chi connectivity index (χ2n) is 7.23. The van der Waals surface area contributed by atoms with Crippen molar-refractivity contribution in [2.45, 2.75) is 77.7 Å². The summed E-state index contributed by atoms with van der Waals surface area (Å²) in [4.78, 5) is 22.7. The number of rotatable bonds is 6. The maximum atomic E-state index is 11.7. The minimum atomic E-state index is -0.487. The minimum Gasteiger partial charge on any atom is -0.321 e. The Morgan fingerprint density at radius 1 is 1.05 bits per heavy atom. The lowest BCUT2D eigenvalue weighted by Gasteiger charge is -2.42. The first kappa shape index (κ1) is 18.7. The normalized spacial score (nSPS) is 14.6. The Hall–Kier alpha value is -0.270. The van der Waals surface area contributed by atoms with Gasteiger partial charge in [0.05, 0.1) is 12.5 Å². The molecule has 0 saturated carbocycles. The molecular formula is C15H30NO2P. The van der Waals surface area contributed by atoms with Gasteiger partial charge in [-0.25, -0.2) is 0 Å². The van der Waals surface area contributed by atoms with Gasteiger partial charge in [-0.05, 0) is 29.8 Å². The molecular weight excluding hydrogens is 257 g/mol. The Labute approximate surface area is 119 Å². The first-order valence-corrected chi connectivity index (χ1v) is 8.44. The Morgan fingerprint density at radius 3 is 1.79 bits per heavy atom. The molecule has 0 spiro atoms. The molecule has 0 aliphatic heterocycles. The molecule has 0 rings (SSSR count). The lowest BCUT2D eigenvalue weighted by Crippen LogP contribution is -2.34. The summed E-state index contributed by atoms with van der Waals surface area (Å²) in [5.74, 6) is -0.223. The van der Waals surface area contributed by atoms with Crippen molar-refractivity contribution >= 4 is 19.5 Å². The zero-order valence-electron chi connectivity index (χ0n) is 13.5. The van der Waals surface area contributed by atoms with Crippen molar-refractivity contribution in [2.24, 2.45) is 5.73 Å². The molecule has 1 unspecified atom stereocenters. The summed E-state index contributed by atoms with van der Waals surface area (Å²) in [7, 11) is -0.238. The molecule has 0 aromatic carbocycles. The molecule has 19 heavy (non-hydrogen) atoms. The Bertz CT molecular complexity index is 312. The summed E-state index contributed by atoms with van der Waals surface area (Å²) >= 11 is 0. The van der Waals surface area contributed by atoms with Gasteiger partial charge in [-0.1, -0.05) is 49.5 Å². The summed E-state index contributed by atoms with van der Waals surface area (Å²) in [6.45, 7) is 15.0. The number of hydrogen-bond acceptors (Lipinski definition) is 3. The highest BCUT2D eigenvalue weighted by Gasteiger charge is 2.34. The maximum Gasteiger partial charge on any atom is 0.156 e. The van der Waals surface area contributed by atoms with Gasteiger partial charge in [0.2, 0.25) is 0 Å². The predicted octanol–water partition coefficient (Wildman–Crippen LogP) is 3.33. The van der Waals surface area contributed by atoms with Crippen LogP contribution in [0.3, 0.4) is 0 Å². The number of carbonyl (C=O) groups is 2. The highest BCUT2D eigenvalue weighted by atomic mass is 31.1. The van der Waals surface area contributed by atoms with Crippen LogP contribution in [0.5, 0.6) is 0 Å². The van der Waals surface area contributed by atoms with Crippen molar-refractivity contribution in [1.82, 2.24) is 0 Å². The Kier molecular flexibility index (Phi) is 6.85. The molecule has 0 aliphatic carbocycles. The summed E-state index contributed by atoms with van der Waals surface area (Å²) in [5.41, 5.74) is 5.91. The quantitative estimate of drug-likeness (QED) is 0.602. The van der Waals surface area contributed by atoms with Gasteiger partial charge in [-0.3, -0.25) is 9.59 Å². The summed E-state index contributed by atoms with van der Waals surface area (Å²) < 4.78 is 0. The van der Waals surface area contributed by atoms with Crippen LogP contribution in [0.2, 0.25) is 0 Å². The zero-order valence-corrected chi connectivity index (χ0v) is 14.4. The van der Waals surface area contributed by atoms with Crippen molar-refractivity contribution in [2.75, 3.05) is 6.16 Å². The SMILES string of the molecule is CC(=O)CC(=O)C(N)CCP(C(C)(C)C)C(C)(C)C. The van der Waals surface area contributed by atoms with E-state index in [9.17, 15) is 9.59 Å². The van der Waals surface area contributed by atoms with E-state index in [1.54, 1.807) is 0 Å². The maximum absolute atomic E-state index is 11.7. The minimum absolute atomic E-state index is 0.0237. The van der Waals surface area contributed by atoms with Crippen LogP contribution in [0.1, 0.15) is 61.3 Å². The smallest absolute Gasteiger partial charge is 0.156 e. The van der Waals surface area contributed by atoms with Gasteiger partial charge >= 0.3 is 0 Å². The molecule has 0 bridgehead atoms. The van der Waals surface area contributed by atoms with Crippen LogP contribution in [-0.2, 0) is 9.59 Å². The third kappa shape index (κ3) is 7.17. The van der Waals surface area contributed by atoms with Gasteiger partial charge < -0.3 is 5.73 Å². The number of nitrogens with two attached hydrogens (primary N) is 1. The molecule has 0 aromatic rings. The van der Waals surface area contributed by atoms with Crippen molar-refractivity contribution < 1.29 is 9.59 Å². The first-order valence-electron chi connectivity index (χ1n) is 6.91. The van der Waals surface area contributed by atoms with E-state index >= 15 is 0 Å². The van der Waals surface area contributed by atoms with E-state index in [2.05, 4.69) is 41.5 Å². The fourth-order valence-electron chi connectivity index (χ4n) is 2.48. The van der Waals surface area contributed by atoms with Crippen LogP contribution < -0.4 is 5.73 Å². The van der Waals surface area contributed by atoms with E-state index in [0.29, 0.717) is 6.42 Å². The average molecular weight is 287 g/mol. The van der Waals surface area contributed by atoms with Gasteiger partial charge in [0.15, 0.2) is 5.78 Å². The second kappa shape index (κ2) is 6.95. The lowest BCUT2D eigenvalue weighted by atomic mass is 10.1. The fourth-order valence-corrected chi connectivity index (χ4v) is 6.37. The summed E-state index contributed by atoms with van der Waals surface area (Å²) in [6.07, 6.45) is 1.64. The molecule has 4 heteroatoms. The van der Waals surface area contributed by atoms with E-state index in [0.717, 1.165) is 6.16 Å². The van der Waals surface area contributed by atoms with Crippen LogP contribution in [-0.4, -0.2) is 34.1 Å². The summed E-state index contributed by atoms with van der Waals surface area (Å²) in [5, 5.41) is 0.494. The third-order valence-electron chi connectivity index (χ3n) is 3.12. The molecule has 0 fully saturated rings. The van der Waals surface area contributed by atoms with Crippen molar-refractivity contribution in [3.8, 4) is 0 Å². The monoisotopic (exact) mass is 287 g/mol. The fraction of sp³-hybridized carbons (Fsp3) is 0.867. The van der Waals surface area contributed by atoms with Crippen LogP contribution >= 0.6 is 7.92 Å². The van der Waals surface area contributed by atoms with Crippen LogP contribution in [0, 0.1) is 0 Å². The molecule has 0 heterocycles. The molecule has 1 atom stereocenters. The Morgan fingerprint density at radius 2 is 1.47 bits per heavy atom. The number of carbonyl (C=O) groups excluding carboxylic acids is 2. The highest BCUT2D eigenvalue weighted by molar-refractivity contribution is 7.60. The van der Waals surface area contributed by atoms with Crippen molar-refractivity contribution in [1.29, 1.82) is 0 Å². The molecule has 0 amide bonds. The average Bonchev–Trinajstić information content (AvgIpc) is 2.11. The van der Waals surface area contributed by atoms with Gasteiger partial charge in [-0.2, -0.15) is 0 Å². The molecule has 0 saturated heterocycles. The number of Topliss-reactive ketones (excluding diaryl/α,β-unsaturated/α-hetero) is 2. The van der Waals surface area contributed by atoms with E-state index in [-0.39, 0.29) is 36.2 Å². The molecule has 0 aliphatic rings. The molecule has 0 aromatic heterocycles. The standard InChI is InChI=1S/C15H30NO2P/c1-11(17)10-13(18)12(16)8-9-19(14(2,3)4)15(5,6)7/h12H,8-10,16H2,1-7H3. The second-order valence-corrected chi connectivity index (χ2v) is 11.2.